The number of phenolic OH excluding ortho intramolecular Hbond substituents is 1. The second-order valence-corrected chi connectivity index (χ2v) is 3.56. The lowest BCUT2D eigenvalue weighted by Gasteiger charge is -2.09. The van der Waals surface area contributed by atoms with Crippen LogP contribution < -0.4 is 10.5 Å². The number of nitrogen functional groups attached to an aromatic ring is 1. The van der Waals surface area contributed by atoms with Crippen LogP contribution in [-0.2, 0) is 0 Å². The number of carboxylic acids is 1. The number of aromatic nitrogens is 4. The van der Waals surface area contributed by atoms with Crippen LogP contribution in [0.25, 0.3) is 0 Å². The molecule has 1 aromatic carbocycles. The molecule has 0 saturated carbocycles. The van der Waals surface area contributed by atoms with E-state index in [1.165, 1.54) is 19.2 Å². The minimum atomic E-state index is -1.20. The number of methoxy groups -OCH3 is 1. The predicted octanol–water partition coefficient (Wildman–Crippen LogP) is -0.450. The number of benzene rings is 1. The van der Waals surface area contributed by atoms with Crippen molar-refractivity contribution in [3.63, 3.8) is 0 Å². The summed E-state index contributed by atoms with van der Waals surface area (Å²) in [5.74, 6) is -1.52. The number of nitrogens with zero attached hydrogens (tertiary/aromatic N) is 5. The fourth-order valence-corrected chi connectivity index (χ4v) is 1.50. The smallest absolute Gasteiger partial charge is 0.336 e. The van der Waals surface area contributed by atoms with Crippen molar-refractivity contribution in [1.82, 2.24) is 20.3 Å². The Balaban J connectivity index is 2.54. The molecule has 0 aliphatic carbocycles. The summed E-state index contributed by atoms with van der Waals surface area (Å²) in [5, 5.41) is 32.7. The number of tetrazole rings is 1. The van der Waals surface area contributed by atoms with Crippen LogP contribution >= 0.6 is 0 Å². The molecule has 0 aliphatic heterocycles. The van der Waals surface area contributed by atoms with E-state index in [1.807, 2.05) is 0 Å². The van der Waals surface area contributed by atoms with E-state index in [2.05, 4.69) is 20.6 Å². The zero-order chi connectivity index (χ0) is 14.7. The molecule has 20 heavy (non-hydrogen) atoms. The van der Waals surface area contributed by atoms with Crippen LogP contribution in [0.4, 0.5) is 5.95 Å². The topological polar surface area (TPSA) is 149 Å². The molecule has 2 aromatic rings. The lowest BCUT2D eigenvalue weighted by Crippen LogP contribution is -2.06. The van der Waals surface area contributed by atoms with Crippen LogP contribution in [0, 0.1) is 0 Å². The maximum atomic E-state index is 11.2. The summed E-state index contributed by atoms with van der Waals surface area (Å²) in [5.41, 5.74) is 5.38. The van der Waals surface area contributed by atoms with Crippen molar-refractivity contribution >= 4 is 18.1 Å². The molecule has 0 fully saturated rings. The Morgan fingerprint density at radius 3 is 2.85 bits per heavy atom. The van der Waals surface area contributed by atoms with Crippen molar-refractivity contribution < 1.29 is 19.7 Å². The third kappa shape index (κ3) is 2.34. The second kappa shape index (κ2) is 5.22. The Labute approximate surface area is 112 Å². The van der Waals surface area contributed by atoms with Crippen molar-refractivity contribution in [3.05, 3.63) is 23.3 Å². The second-order valence-electron chi connectivity index (χ2n) is 3.56. The molecule has 0 radical (unpaired) electrons. The van der Waals surface area contributed by atoms with Gasteiger partial charge in [-0.25, -0.2) is 4.79 Å². The highest BCUT2D eigenvalue weighted by atomic mass is 16.5. The van der Waals surface area contributed by atoms with E-state index in [9.17, 15) is 9.90 Å². The van der Waals surface area contributed by atoms with Gasteiger partial charge in [-0.05, 0) is 22.6 Å². The quantitative estimate of drug-likeness (QED) is 0.636. The number of hydrogen-bond acceptors (Lipinski definition) is 8. The zero-order valence-corrected chi connectivity index (χ0v) is 10.3. The summed E-state index contributed by atoms with van der Waals surface area (Å²) in [6.07, 6.45) is 1.13. The molecular formula is C10H10N6O4. The Hall–Kier alpha value is -3.17. The number of aromatic carboxylic acids is 1. The highest BCUT2D eigenvalue weighted by Gasteiger charge is 2.17. The average Bonchev–Trinajstić information content (AvgIpc) is 2.81. The van der Waals surface area contributed by atoms with Gasteiger partial charge in [0, 0.05) is 0 Å². The fourth-order valence-electron chi connectivity index (χ4n) is 1.50. The number of ether oxygens (including phenoxy) is 1. The minimum Gasteiger partial charge on any atom is -0.504 e. The van der Waals surface area contributed by atoms with Gasteiger partial charge in [0.25, 0.3) is 5.95 Å². The van der Waals surface area contributed by atoms with Gasteiger partial charge in [0.1, 0.15) is 0 Å². The summed E-state index contributed by atoms with van der Waals surface area (Å²) in [4.78, 5) is 12.1. The van der Waals surface area contributed by atoms with Crippen molar-refractivity contribution in [2.24, 2.45) is 5.10 Å². The summed E-state index contributed by atoms with van der Waals surface area (Å²) in [7, 11) is 1.30. The number of rotatable bonds is 4. The number of hydrogen-bond donors (Lipinski definition) is 3. The summed E-state index contributed by atoms with van der Waals surface area (Å²) in [6, 6.07) is 2.44. The molecule has 0 spiro atoms. The lowest BCUT2D eigenvalue weighted by atomic mass is 10.1. The molecule has 2 rings (SSSR count). The monoisotopic (exact) mass is 278 g/mol. The first-order valence-electron chi connectivity index (χ1n) is 5.26. The zero-order valence-electron chi connectivity index (χ0n) is 10.3. The van der Waals surface area contributed by atoms with Crippen molar-refractivity contribution in [3.8, 4) is 11.5 Å². The molecule has 10 nitrogen and oxygen atoms in total. The van der Waals surface area contributed by atoms with Gasteiger partial charge in [-0.2, -0.15) is 5.10 Å². The van der Waals surface area contributed by atoms with Crippen LogP contribution in [0.15, 0.2) is 17.2 Å². The maximum absolute atomic E-state index is 11.2. The Bertz CT molecular complexity index is 680. The molecule has 1 aromatic heterocycles. The summed E-state index contributed by atoms with van der Waals surface area (Å²) in [6.45, 7) is 0. The lowest BCUT2D eigenvalue weighted by molar-refractivity contribution is 0.0696. The molecule has 0 bridgehead atoms. The molecule has 0 amide bonds. The Morgan fingerprint density at radius 1 is 1.55 bits per heavy atom. The average molecular weight is 278 g/mol. The van der Waals surface area contributed by atoms with Gasteiger partial charge < -0.3 is 20.7 Å². The maximum Gasteiger partial charge on any atom is 0.336 e. The number of aromatic hydroxyl groups is 1. The Kier molecular flexibility index (Phi) is 3.46. The van der Waals surface area contributed by atoms with E-state index < -0.39 is 5.97 Å². The molecule has 10 heteroatoms. The third-order valence-electron chi connectivity index (χ3n) is 2.38. The SMILES string of the molecule is COc1c(O)ccc(C(=O)O)c1C=Nn1nnnc1N. The first-order chi connectivity index (χ1) is 9.54. The highest BCUT2D eigenvalue weighted by Crippen LogP contribution is 2.31. The van der Waals surface area contributed by atoms with Gasteiger partial charge in [-0.15, -0.1) is 0 Å². The van der Waals surface area contributed by atoms with E-state index in [-0.39, 0.29) is 28.6 Å². The fraction of sp³-hybridized carbons (Fsp3) is 0.100. The molecule has 104 valence electrons. The van der Waals surface area contributed by atoms with Gasteiger partial charge >= 0.3 is 5.97 Å². The normalized spacial score (nSPS) is 10.8. The van der Waals surface area contributed by atoms with Crippen LogP contribution in [0.5, 0.6) is 11.5 Å². The van der Waals surface area contributed by atoms with Gasteiger partial charge in [-0.1, -0.05) is 9.89 Å². The minimum absolute atomic E-state index is 0.0275. The van der Waals surface area contributed by atoms with Gasteiger partial charge in [0.15, 0.2) is 11.5 Å². The molecule has 0 saturated heterocycles. The largest absolute Gasteiger partial charge is 0.504 e. The number of phenols is 1. The molecular weight excluding hydrogens is 268 g/mol. The Morgan fingerprint density at radius 2 is 2.30 bits per heavy atom. The number of nitrogens with two attached hydrogens (primary N) is 1. The highest BCUT2D eigenvalue weighted by molar-refractivity contribution is 6.01. The first-order valence-corrected chi connectivity index (χ1v) is 5.26. The number of anilines is 1. The summed E-state index contributed by atoms with van der Waals surface area (Å²) >= 11 is 0. The first kappa shape index (κ1) is 13.3. The number of carboxylic acid groups (broad SMARTS) is 1. The molecule has 4 N–H and O–H groups in total. The van der Waals surface area contributed by atoms with E-state index in [4.69, 9.17) is 15.6 Å². The number of carbonyl (C=O) groups is 1. The van der Waals surface area contributed by atoms with Crippen LogP contribution in [0.3, 0.4) is 0 Å². The van der Waals surface area contributed by atoms with Gasteiger partial charge in [0.05, 0.1) is 24.5 Å². The molecule has 0 atom stereocenters. The third-order valence-corrected chi connectivity index (χ3v) is 2.38. The standard InChI is InChI=1S/C10H10N6O4/c1-20-8-6(4-12-16-10(11)13-14-15-16)5(9(18)19)2-3-7(8)17/h2-4,17H,1H3,(H,18,19)(H2,11,13,15). The van der Waals surface area contributed by atoms with Crippen LogP contribution in [0.2, 0.25) is 0 Å². The molecule has 0 aliphatic rings. The molecule has 1 heterocycles. The van der Waals surface area contributed by atoms with E-state index in [1.54, 1.807) is 0 Å². The van der Waals surface area contributed by atoms with Gasteiger partial charge in [0.2, 0.25) is 0 Å². The van der Waals surface area contributed by atoms with E-state index in [0.29, 0.717) is 0 Å². The molecule has 0 unspecified atom stereocenters. The predicted molar refractivity (Wildman–Crippen MR) is 66.8 cm³/mol. The van der Waals surface area contributed by atoms with Crippen molar-refractivity contribution in [2.75, 3.05) is 12.8 Å². The van der Waals surface area contributed by atoms with Crippen LogP contribution in [0.1, 0.15) is 15.9 Å². The van der Waals surface area contributed by atoms with Crippen molar-refractivity contribution in [1.29, 1.82) is 0 Å². The van der Waals surface area contributed by atoms with Crippen LogP contribution in [-0.4, -0.2) is 49.8 Å². The van der Waals surface area contributed by atoms with Crippen molar-refractivity contribution in [2.45, 2.75) is 0 Å². The summed E-state index contributed by atoms with van der Waals surface area (Å²) < 4.78 is 4.97. The van der Waals surface area contributed by atoms with E-state index in [0.717, 1.165) is 11.0 Å². The van der Waals surface area contributed by atoms with E-state index >= 15 is 0 Å². The van der Waals surface area contributed by atoms with Gasteiger partial charge in [-0.3, -0.25) is 0 Å².